The van der Waals surface area contributed by atoms with Crippen molar-refractivity contribution >= 4 is 50.6 Å². The molecule has 4 rings (SSSR count). The molecule has 0 aliphatic rings. The first-order valence-electron chi connectivity index (χ1n) is 9.64. The van der Waals surface area contributed by atoms with E-state index in [0.717, 1.165) is 4.47 Å². The van der Waals surface area contributed by atoms with Crippen molar-refractivity contribution in [2.75, 3.05) is 0 Å². The molecular weight excluding hydrogens is 498 g/mol. The normalized spacial score (nSPS) is 11.7. The van der Waals surface area contributed by atoms with E-state index in [4.69, 9.17) is 21.1 Å². The number of halogens is 2. The number of fused-ring (bicyclic) bond motifs is 1. The van der Waals surface area contributed by atoms with E-state index in [9.17, 15) is 9.59 Å². The van der Waals surface area contributed by atoms with Crippen molar-refractivity contribution in [3.05, 3.63) is 85.5 Å². The van der Waals surface area contributed by atoms with Gasteiger partial charge < -0.3 is 9.52 Å². The molecule has 0 amide bonds. The zero-order valence-electron chi connectivity index (χ0n) is 17.0. The SMILES string of the molecule is CC(C)c1nc2ccc(Br)cc2c(=O)n1N=Cc1ccc(-c2ccc(C(=O)O)c(Cl)c2)o1. The van der Waals surface area contributed by atoms with Crippen molar-refractivity contribution < 1.29 is 14.3 Å². The maximum absolute atomic E-state index is 13.1. The van der Waals surface area contributed by atoms with Crippen LogP contribution in [0.3, 0.4) is 0 Å². The third kappa shape index (κ3) is 4.24. The predicted octanol–water partition coefficient (Wildman–Crippen LogP) is 5.78. The summed E-state index contributed by atoms with van der Waals surface area (Å²) in [6.07, 6.45) is 1.44. The number of nitrogens with zero attached hydrogens (tertiary/aromatic N) is 3. The summed E-state index contributed by atoms with van der Waals surface area (Å²) in [5, 5.41) is 14.0. The Morgan fingerprint density at radius 1 is 1.22 bits per heavy atom. The Kier molecular flexibility index (Phi) is 5.99. The Balaban J connectivity index is 1.71. The van der Waals surface area contributed by atoms with E-state index in [-0.39, 0.29) is 22.1 Å². The Morgan fingerprint density at radius 2 is 2.00 bits per heavy atom. The van der Waals surface area contributed by atoms with Gasteiger partial charge in [-0.2, -0.15) is 9.78 Å². The second-order valence-corrected chi connectivity index (χ2v) is 8.67. The van der Waals surface area contributed by atoms with Gasteiger partial charge in [0, 0.05) is 16.0 Å². The van der Waals surface area contributed by atoms with Gasteiger partial charge in [-0.25, -0.2) is 9.78 Å². The van der Waals surface area contributed by atoms with Gasteiger partial charge in [0.25, 0.3) is 5.56 Å². The fourth-order valence-electron chi connectivity index (χ4n) is 3.19. The summed E-state index contributed by atoms with van der Waals surface area (Å²) in [5.74, 6) is 0.298. The summed E-state index contributed by atoms with van der Waals surface area (Å²) in [6.45, 7) is 3.88. The second kappa shape index (κ2) is 8.72. The summed E-state index contributed by atoms with van der Waals surface area (Å²) >= 11 is 9.43. The molecule has 4 aromatic rings. The molecule has 0 bridgehead atoms. The fraction of sp³-hybridized carbons (Fsp3) is 0.130. The van der Waals surface area contributed by atoms with E-state index in [0.29, 0.717) is 33.8 Å². The van der Waals surface area contributed by atoms with E-state index >= 15 is 0 Å². The maximum Gasteiger partial charge on any atom is 0.337 e. The molecule has 162 valence electrons. The number of rotatable bonds is 5. The fourth-order valence-corrected chi connectivity index (χ4v) is 3.81. The van der Waals surface area contributed by atoms with Crippen LogP contribution < -0.4 is 5.56 Å². The average Bonchev–Trinajstić information content (AvgIpc) is 3.22. The molecule has 7 nitrogen and oxygen atoms in total. The number of benzene rings is 2. The quantitative estimate of drug-likeness (QED) is 0.341. The number of furan rings is 1. The molecule has 0 aliphatic heterocycles. The minimum absolute atomic E-state index is 0.0137. The van der Waals surface area contributed by atoms with Crippen LogP contribution >= 0.6 is 27.5 Å². The van der Waals surface area contributed by atoms with Crippen molar-refractivity contribution in [1.29, 1.82) is 0 Å². The van der Waals surface area contributed by atoms with E-state index < -0.39 is 5.97 Å². The highest BCUT2D eigenvalue weighted by Crippen LogP contribution is 2.27. The molecule has 1 N–H and O–H groups in total. The molecule has 2 aromatic carbocycles. The average molecular weight is 515 g/mol. The van der Waals surface area contributed by atoms with Crippen LogP contribution in [0.5, 0.6) is 0 Å². The van der Waals surface area contributed by atoms with Gasteiger partial charge in [-0.15, -0.1) is 0 Å². The molecular formula is C23H17BrClN3O4. The molecule has 0 aliphatic carbocycles. The lowest BCUT2D eigenvalue weighted by atomic mass is 10.1. The third-order valence-electron chi connectivity index (χ3n) is 4.76. The van der Waals surface area contributed by atoms with Gasteiger partial charge in [0.2, 0.25) is 0 Å². The largest absolute Gasteiger partial charge is 0.478 e. The first-order chi connectivity index (χ1) is 15.2. The van der Waals surface area contributed by atoms with Crippen molar-refractivity contribution in [1.82, 2.24) is 9.66 Å². The highest BCUT2D eigenvalue weighted by Gasteiger charge is 2.15. The minimum atomic E-state index is -1.10. The molecule has 0 fully saturated rings. The molecule has 0 radical (unpaired) electrons. The van der Waals surface area contributed by atoms with Crippen LogP contribution in [0, 0.1) is 0 Å². The minimum Gasteiger partial charge on any atom is -0.478 e. The second-order valence-electron chi connectivity index (χ2n) is 7.35. The molecule has 0 atom stereocenters. The van der Waals surface area contributed by atoms with Gasteiger partial charge in [-0.3, -0.25) is 4.79 Å². The number of hydrogen-bond acceptors (Lipinski definition) is 5. The molecule has 0 spiro atoms. The van der Waals surface area contributed by atoms with Crippen molar-refractivity contribution in [2.45, 2.75) is 19.8 Å². The van der Waals surface area contributed by atoms with Crippen LogP contribution in [0.15, 0.2) is 67.3 Å². The molecule has 0 saturated heterocycles. The van der Waals surface area contributed by atoms with Crippen LogP contribution in [0.1, 0.15) is 41.7 Å². The van der Waals surface area contributed by atoms with Crippen molar-refractivity contribution in [3.63, 3.8) is 0 Å². The van der Waals surface area contributed by atoms with Gasteiger partial charge >= 0.3 is 5.97 Å². The Labute approximate surface area is 196 Å². The lowest BCUT2D eigenvalue weighted by Gasteiger charge is -2.11. The van der Waals surface area contributed by atoms with Crippen LogP contribution in [0.4, 0.5) is 0 Å². The standard InChI is InChI=1S/C23H17BrClN3O4/c1-12(2)21-27-19-7-4-14(24)10-17(19)22(29)28(21)26-11-15-5-8-20(32-15)13-3-6-16(23(30)31)18(25)9-13/h3-12H,1-2H3,(H,30,31). The number of carboxylic acid groups (broad SMARTS) is 1. The first kappa shape index (κ1) is 22.0. The molecule has 9 heteroatoms. The lowest BCUT2D eigenvalue weighted by Crippen LogP contribution is -2.23. The number of carbonyl (C=O) groups is 1. The van der Waals surface area contributed by atoms with Crippen molar-refractivity contribution in [3.8, 4) is 11.3 Å². The third-order valence-corrected chi connectivity index (χ3v) is 5.57. The van der Waals surface area contributed by atoms with Gasteiger partial charge in [-0.05, 0) is 42.5 Å². The number of aromatic carboxylic acids is 1. The Bertz CT molecular complexity index is 1440. The van der Waals surface area contributed by atoms with Gasteiger partial charge in [0.05, 0.1) is 27.7 Å². The van der Waals surface area contributed by atoms with Gasteiger partial charge in [-0.1, -0.05) is 47.4 Å². The monoisotopic (exact) mass is 513 g/mol. The van der Waals surface area contributed by atoms with Gasteiger partial charge in [0.15, 0.2) is 0 Å². The summed E-state index contributed by atoms with van der Waals surface area (Å²) in [5.41, 5.74) is 0.964. The first-order valence-corrected chi connectivity index (χ1v) is 10.8. The summed E-state index contributed by atoms with van der Waals surface area (Å²) in [7, 11) is 0. The number of aromatic nitrogens is 2. The Morgan fingerprint density at radius 3 is 2.69 bits per heavy atom. The van der Waals surface area contributed by atoms with E-state index in [1.807, 2.05) is 19.9 Å². The van der Waals surface area contributed by atoms with Crippen LogP contribution in [-0.2, 0) is 0 Å². The van der Waals surface area contributed by atoms with Crippen LogP contribution in [-0.4, -0.2) is 27.0 Å². The molecule has 0 unspecified atom stereocenters. The zero-order chi connectivity index (χ0) is 23.0. The smallest absolute Gasteiger partial charge is 0.337 e. The topological polar surface area (TPSA) is 97.7 Å². The van der Waals surface area contributed by atoms with Crippen LogP contribution in [0.2, 0.25) is 5.02 Å². The van der Waals surface area contributed by atoms with E-state index in [1.54, 1.807) is 30.3 Å². The highest BCUT2D eigenvalue weighted by molar-refractivity contribution is 9.10. The Hall–Kier alpha value is -3.23. The molecule has 2 aromatic heterocycles. The van der Waals surface area contributed by atoms with E-state index in [2.05, 4.69) is 26.0 Å². The van der Waals surface area contributed by atoms with Crippen molar-refractivity contribution in [2.24, 2.45) is 5.10 Å². The summed E-state index contributed by atoms with van der Waals surface area (Å²) in [6, 6.07) is 13.3. The summed E-state index contributed by atoms with van der Waals surface area (Å²) < 4.78 is 7.85. The van der Waals surface area contributed by atoms with Gasteiger partial charge in [0.1, 0.15) is 17.3 Å². The highest BCUT2D eigenvalue weighted by atomic mass is 79.9. The van der Waals surface area contributed by atoms with E-state index in [1.165, 1.54) is 23.0 Å². The molecule has 0 saturated carbocycles. The predicted molar refractivity (Wildman–Crippen MR) is 127 cm³/mol. The summed E-state index contributed by atoms with van der Waals surface area (Å²) in [4.78, 5) is 28.8. The zero-order valence-corrected chi connectivity index (χ0v) is 19.4. The lowest BCUT2D eigenvalue weighted by molar-refractivity contribution is 0.0697. The number of hydrogen-bond donors (Lipinski definition) is 1. The number of carboxylic acids is 1. The van der Waals surface area contributed by atoms with Crippen LogP contribution in [0.25, 0.3) is 22.2 Å². The molecule has 32 heavy (non-hydrogen) atoms. The maximum atomic E-state index is 13.1. The molecule has 2 heterocycles.